The summed E-state index contributed by atoms with van der Waals surface area (Å²) in [5, 5.41) is 10.9. The van der Waals surface area contributed by atoms with Crippen molar-refractivity contribution in [3.05, 3.63) is 28.3 Å². The van der Waals surface area contributed by atoms with Crippen LogP contribution in [-0.4, -0.2) is 23.5 Å². The van der Waals surface area contributed by atoms with Gasteiger partial charge in [0.2, 0.25) is 0 Å². The second-order valence-electron chi connectivity index (χ2n) is 5.60. The number of benzene rings is 1. The SMILES string of the molecule is CCC1Oc2ccc([N+](=O)[O-])cc2N(CCC(C)C)C1=O. The quantitative estimate of drug-likeness (QED) is 0.617. The van der Waals surface area contributed by atoms with Crippen LogP contribution in [0.15, 0.2) is 18.2 Å². The minimum Gasteiger partial charge on any atom is -0.478 e. The molecule has 21 heavy (non-hydrogen) atoms. The summed E-state index contributed by atoms with van der Waals surface area (Å²) >= 11 is 0. The van der Waals surface area contributed by atoms with Gasteiger partial charge < -0.3 is 9.64 Å². The standard InChI is InChI=1S/C15H20N2O4/c1-4-13-15(18)16(8-7-10(2)3)12-9-11(17(19)20)5-6-14(12)21-13/h5-6,9-10,13H,4,7-8H2,1-3H3. The summed E-state index contributed by atoms with van der Waals surface area (Å²) in [6.07, 6.45) is 0.906. The highest BCUT2D eigenvalue weighted by atomic mass is 16.6. The van der Waals surface area contributed by atoms with Crippen molar-refractivity contribution >= 4 is 17.3 Å². The molecule has 1 atom stereocenters. The average molecular weight is 292 g/mol. The molecule has 0 saturated heterocycles. The number of anilines is 1. The monoisotopic (exact) mass is 292 g/mol. The van der Waals surface area contributed by atoms with E-state index in [-0.39, 0.29) is 11.6 Å². The first-order valence-electron chi connectivity index (χ1n) is 7.20. The van der Waals surface area contributed by atoms with Gasteiger partial charge in [-0.05, 0) is 24.8 Å². The molecular formula is C15H20N2O4. The van der Waals surface area contributed by atoms with E-state index < -0.39 is 11.0 Å². The molecule has 0 spiro atoms. The Bertz CT molecular complexity index is 557. The largest absolute Gasteiger partial charge is 0.478 e. The first-order valence-corrected chi connectivity index (χ1v) is 7.20. The number of hydrogen-bond acceptors (Lipinski definition) is 4. The van der Waals surface area contributed by atoms with Crippen LogP contribution >= 0.6 is 0 Å². The highest BCUT2D eigenvalue weighted by Gasteiger charge is 2.34. The molecule has 1 amide bonds. The smallest absolute Gasteiger partial charge is 0.271 e. The van der Waals surface area contributed by atoms with Crippen LogP contribution in [0.2, 0.25) is 0 Å². The molecule has 6 nitrogen and oxygen atoms in total. The Morgan fingerprint density at radius 2 is 2.14 bits per heavy atom. The van der Waals surface area contributed by atoms with Crippen LogP contribution in [0.5, 0.6) is 5.75 Å². The van der Waals surface area contributed by atoms with E-state index in [2.05, 4.69) is 13.8 Å². The fourth-order valence-electron chi connectivity index (χ4n) is 2.30. The van der Waals surface area contributed by atoms with Crippen LogP contribution in [0, 0.1) is 16.0 Å². The number of carbonyl (C=O) groups is 1. The maximum Gasteiger partial charge on any atom is 0.271 e. The summed E-state index contributed by atoms with van der Waals surface area (Å²) in [5.41, 5.74) is 0.467. The molecule has 2 rings (SSSR count). The van der Waals surface area contributed by atoms with Crippen molar-refractivity contribution in [2.24, 2.45) is 5.92 Å². The number of hydrogen-bond donors (Lipinski definition) is 0. The van der Waals surface area contributed by atoms with E-state index in [1.807, 2.05) is 6.92 Å². The molecule has 6 heteroatoms. The molecule has 1 aromatic carbocycles. The summed E-state index contributed by atoms with van der Waals surface area (Å²) in [4.78, 5) is 24.5. The highest BCUT2D eigenvalue weighted by molar-refractivity contribution is 6.00. The summed E-state index contributed by atoms with van der Waals surface area (Å²) in [6.45, 7) is 6.59. The molecule has 0 saturated carbocycles. The number of nitro groups is 1. The molecule has 1 aliphatic rings. The zero-order valence-corrected chi connectivity index (χ0v) is 12.5. The maximum absolute atomic E-state index is 12.4. The number of non-ortho nitro benzene ring substituents is 1. The van der Waals surface area contributed by atoms with Crippen molar-refractivity contribution < 1.29 is 14.5 Å². The Morgan fingerprint density at radius 1 is 1.43 bits per heavy atom. The summed E-state index contributed by atoms with van der Waals surface area (Å²) in [6, 6.07) is 4.40. The van der Waals surface area contributed by atoms with Crippen molar-refractivity contribution in [2.75, 3.05) is 11.4 Å². The Hall–Kier alpha value is -2.11. The first kappa shape index (κ1) is 15.3. The molecule has 0 fully saturated rings. The molecule has 1 unspecified atom stereocenters. The van der Waals surface area contributed by atoms with E-state index in [0.29, 0.717) is 30.3 Å². The highest BCUT2D eigenvalue weighted by Crippen LogP contribution is 2.37. The molecule has 114 valence electrons. The zero-order chi connectivity index (χ0) is 15.6. The molecule has 0 radical (unpaired) electrons. The van der Waals surface area contributed by atoms with Crippen LogP contribution in [0.25, 0.3) is 0 Å². The van der Waals surface area contributed by atoms with Gasteiger partial charge in [0.1, 0.15) is 5.75 Å². The van der Waals surface area contributed by atoms with E-state index >= 15 is 0 Å². The van der Waals surface area contributed by atoms with Gasteiger partial charge in [-0.25, -0.2) is 0 Å². The number of carbonyl (C=O) groups excluding carboxylic acids is 1. The van der Waals surface area contributed by atoms with Gasteiger partial charge in [0.15, 0.2) is 6.10 Å². The third kappa shape index (κ3) is 3.15. The molecule has 1 heterocycles. The molecule has 0 aliphatic carbocycles. The molecule has 1 aliphatic heterocycles. The molecular weight excluding hydrogens is 272 g/mol. The summed E-state index contributed by atoms with van der Waals surface area (Å²) in [7, 11) is 0. The fourth-order valence-corrected chi connectivity index (χ4v) is 2.30. The average Bonchev–Trinajstić information content (AvgIpc) is 2.44. The van der Waals surface area contributed by atoms with E-state index in [4.69, 9.17) is 4.74 Å². The second kappa shape index (κ2) is 6.11. The van der Waals surface area contributed by atoms with E-state index in [1.54, 1.807) is 11.0 Å². The second-order valence-corrected chi connectivity index (χ2v) is 5.60. The van der Waals surface area contributed by atoms with Crippen LogP contribution < -0.4 is 9.64 Å². The predicted molar refractivity (Wildman–Crippen MR) is 79.6 cm³/mol. The summed E-state index contributed by atoms with van der Waals surface area (Å²) < 4.78 is 5.65. The Morgan fingerprint density at radius 3 is 2.71 bits per heavy atom. The Balaban J connectivity index is 2.39. The number of rotatable bonds is 5. The molecule has 0 aromatic heterocycles. The zero-order valence-electron chi connectivity index (χ0n) is 12.5. The van der Waals surface area contributed by atoms with Gasteiger partial charge in [-0.1, -0.05) is 20.8 Å². The lowest BCUT2D eigenvalue weighted by Gasteiger charge is -2.34. The van der Waals surface area contributed by atoms with E-state index in [9.17, 15) is 14.9 Å². The predicted octanol–water partition coefficient (Wildman–Crippen LogP) is 3.14. The van der Waals surface area contributed by atoms with Crippen molar-refractivity contribution in [1.29, 1.82) is 0 Å². The van der Waals surface area contributed by atoms with Crippen LogP contribution in [0.3, 0.4) is 0 Å². The normalized spacial score (nSPS) is 17.6. The van der Waals surface area contributed by atoms with Crippen LogP contribution in [0.4, 0.5) is 11.4 Å². The number of nitro benzene ring substituents is 1. The molecule has 0 bridgehead atoms. The topological polar surface area (TPSA) is 72.7 Å². The fraction of sp³-hybridized carbons (Fsp3) is 0.533. The Labute approximate surface area is 123 Å². The summed E-state index contributed by atoms with van der Waals surface area (Å²) in [5.74, 6) is 0.866. The van der Waals surface area contributed by atoms with Gasteiger partial charge in [0.25, 0.3) is 11.6 Å². The van der Waals surface area contributed by atoms with E-state index in [1.165, 1.54) is 12.1 Å². The van der Waals surface area contributed by atoms with Crippen LogP contribution in [-0.2, 0) is 4.79 Å². The van der Waals surface area contributed by atoms with Crippen molar-refractivity contribution in [3.8, 4) is 5.75 Å². The lowest BCUT2D eigenvalue weighted by Crippen LogP contribution is -2.46. The minimum absolute atomic E-state index is 0.0327. The maximum atomic E-state index is 12.4. The first-order chi connectivity index (χ1) is 9.93. The third-order valence-electron chi connectivity index (χ3n) is 3.56. The lowest BCUT2D eigenvalue weighted by atomic mass is 10.1. The van der Waals surface area contributed by atoms with Crippen molar-refractivity contribution in [1.82, 2.24) is 0 Å². The number of fused-ring (bicyclic) bond motifs is 1. The van der Waals surface area contributed by atoms with Gasteiger partial charge in [-0.15, -0.1) is 0 Å². The molecule has 1 aromatic rings. The number of nitrogens with zero attached hydrogens (tertiary/aromatic N) is 2. The number of amides is 1. The number of ether oxygens (including phenoxy) is 1. The lowest BCUT2D eigenvalue weighted by molar-refractivity contribution is -0.384. The van der Waals surface area contributed by atoms with Gasteiger partial charge in [-0.3, -0.25) is 14.9 Å². The van der Waals surface area contributed by atoms with Crippen molar-refractivity contribution in [3.63, 3.8) is 0 Å². The van der Waals surface area contributed by atoms with Gasteiger partial charge in [-0.2, -0.15) is 0 Å². The molecule has 0 N–H and O–H groups in total. The van der Waals surface area contributed by atoms with Gasteiger partial charge in [0, 0.05) is 18.7 Å². The third-order valence-corrected chi connectivity index (χ3v) is 3.56. The van der Waals surface area contributed by atoms with E-state index in [0.717, 1.165) is 6.42 Å². The van der Waals surface area contributed by atoms with Gasteiger partial charge in [0.05, 0.1) is 10.6 Å². The minimum atomic E-state index is -0.508. The Kier molecular flexibility index (Phi) is 4.45. The van der Waals surface area contributed by atoms with Gasteiger partial charge >= 0.3 is 0 Å². The van der Waals surface area contributed by atoms with Crippen molar-refractivity contribution in [2.45, 2.75) is 39.7 Å². The van der Waals surface area contributed by atoms with Crippen LogP contribution in [0.1, 0.15) is 33.6 Å².